The summed E-state index contributed by atoms with van der Waals surface area (Å²) in [6.07, 6.45) is -0.137. The first-order chi connectivity index (χ1) is 14.6. The SMILES string of the molecule is CN(CC(=O)Nc1ccc(Cl)c(C(F)(F)F)c1)C(=O)CSc1n[nH]c(C2CCCC2)n1. The molecule has 1 heterocycles. The minimum Gasteiger partial charge on any atom is -0.336 e. The smallest absolute Gasteiger partial charge is 0.336 e. The summed E-state index contributed by atoms with van der Waals surface area (Å²) in [6, 6.07) is 3.07. The number of H-pyrrole nitrogens is 1. The van der Waals surface area contributed by atoms with E-state index in [0.29, 0.717) is 11.1 Å². The third kappa shape index (κ3) is 6.36. The summed E-state index contributed by atoms with van der Waals surface area (Å²) in [7, 11) is 1.44. The van der Waals surface area contributed by atoms with Crippen LogP contribution in [0, 0.1) is 0 Å². The second-order valence-corrected chi connectivity index (χ2v) is 8.61. The fraction of sp³-hybridized carbons (Fsp3) is 0.474. The molecule has 0 spiro atoms. The van der Waals surface area contributed by atoms with Crippen molar-refractivity contribution < 1.29 is 22.8 Å². The molecule has 1 aliphatic carbocycles. The monoisotopic (exact) mass is 475 g/mol. The number of aromatic nitrogens is 3. The highest BCUT2D eigenvalue weighted by molar-refractivity contribution is 7.99. The summed E-state index contributed by atoms with van der Waals surface area (Å²) in [6.45, 7) is -0.315. The van der Waals surface area contributed by atoms with Gasteiger partial charge in [-0.2, -0.15) is 13.2 Å². The standard InChI is InChI=1S/C19H21ClF3N5O2S/c1-28(9-15(29)24-12-6-7-14(20)13(8-12)19(21,22)23)16(30)10-31-18-25-17(26-27-18)11-4-2-3-5-11/h6-8,11H,2-5,9-10H2,1H3,(H,24,29)(H,25,26,27). The Hall–Kier alpha value is -2.27. The molecule has 1 aliphatic rings. The minimum atomic E-state index is -4.64. The number of benzene rings is 1. The third-order valence-corrected chi connectivity index (χ3v) is 6.07. The van der Waals surface area contributed by atoms with Gasteiger partial charge in [0.25, 0.3) is 0 Å². The van der Waals surface area contributed by atoms with Crippen LogP contribution in [-0.2, 0) is 15.8 Å². The van der Waals surface area contributed by atoms with Crippen LogP contribution in [0.2, 0.25) is 5.02 Å². The lowest BCUT2D eigenvalue weighted by molar-refractivity contribution is -0.137. The minimum absolute atomic E-state index is 0.0326. The second kappa shape index (κ2) is 9.90. The highest BCUT2D eigenvalue weighted by Crippen LogP contribution is 2.36. The average molecular weight is 476 g/mol. The topological polar surface area (TPSA) is 91.0 Å². The Bertz CT molecular complexity index is 947. The molecule has 0 saturated heterocycles. The van der Waals surface area contributed by atoms with Crippen LogP contribution in [0.5, 0.6) is 0 Å². The van der Waals surface area contributed by atoms with E-state index in [4.69, 9.17) is 11.6 Å². The Morgan fingerprint density at radius 1 is 1.32 bits per heavy atom. The van der Waals surface area contributed by atoms with Crippen molar-refractivity contribution in [3.8, 4) is 0 Å². The van der Waals surface area contributed by atoms with Gasteiger partial charge in [-0.25, -0.2) is 4.98 Å². The van der Waals surface area contributed by atoms with Crippen LogP contribution >= 0.6 is 23.4 Å². The number of anilines is 1. The van der Waals surface area contributed by atoms with Crippen molar-refractivity contribution in [3.05, 3.63) is 34.6 Å². The van der Waals surface area contributed by atoms with E-state index in [1.807, 2.05) is 0 Å². The molecule has 0 atom stereocenters. The van der Waals surface area contributed by atoms with Crippen molar-refractivity contribution in [1.29, 1.82) is 0 Å². The lowest BCUT2D eigenvalue weighted by atomic mass is 10.1. The van der Waals surface area contributed by atoms with E-state index in [-0.39, 0.29) is 23.9 Å². The Labute approximate surface area is 186 Å². The van der Waals surface area contributed by atoms with Crippen molar-refractivity contribution in [3.63, 3.8) is 0 Å². The molecule has 12 heteroatoms. The number of likely N-dealkylation sites (N-methyl/N-ethyl adjacent to an activating group) is 1. The number of hydrogen-bond donors (Lipinski definition) is 2. The van der Waals surface area contributed by atoms with Crippen molar-refractivity contribution >= 4 is 40.9 Å². The molecule has 0 aliphatic heterocycles. The van der Waals surface area contributed by atoms with Crippen molar-refractivity contribution in [2.75, 3.05) is 24.7 Å². The van der Waals surface area contributed by atoms with Gasteiger partial charge < -0.3 is 10.2 Å². The van der Waals surface area contributed by atoms with Crippen LogP contribution in [-0.4, -0.2) is 51.2 Å². The van der Waals surface area contributed by atoms with Gasteiger partial charge in [-0.1, -0.05) is 36.2 Å². The van der Waals surface area contributed by atoms with Gasteiger partial charge in [0.05, 0.1) is 22.9 Å². The second-order valence-electron chi connectivity index (χ2n) is 7.26. The fourth-order valence-corrected chi connectivity index (χ4v) is 4.24. The lowest BCUT2D eigenvalue weighted by Crippen LogP contribution is -2.36. The van der Waals surface area contributed by atoms with E-state index in [9.17, 15) is 22.8 Å². The maximum absolute atomic E-state index is 12.9. The number of carbonyl (C=O) groups is 2. The molecule has 31 heavy (non-hydrogen) atoms. The summed E-state index contributed by atoms with van der Waals surface area (Å²) < 4.78 is 38.8. The summed E-state index contributed by atoms with van der Waals surface area (Å²) in [5, 5.41) is 9.39. The quantitative estimate of drug-likeness (QED) is 0.582. The van der Waals surface area contributed by atoms with Crippen molar-refractivity contribution in [2.24, 2.45) is 0 Å². The van der Waals surface area contributed by atoms with E-state index in [0.717, 1.165) is 42.6 Å². The fourth-order valence-electron chi connectivity index (χ4n) is 3.27. The third-order valence-electron chi connectivity index (χ3n) is 4.91. The van der Waals surface area contributed by atoms with Gasteiger partial charge in [-0.05, 0) is 31.0 Å². The van der Waals surface area contributed by atoms with Crippen LogP contribution < -0.4 is 5.32 Å². The predicted molar refractivity (Wildman–Crippen MR) is 111 cm³/mol. The molecule has 1 aromatic heterocycles. The molecule has 1 fully saturated rings. The summed E-state index contributed by atoms with van der Waals surface area (Å²) >= 11 is 6.72. The average Bonchev–Trinajstić information content (AvgIpc) is 3.38. The molecular weight excluding hydrogens is 455 g/mol. The Balaban J connectivity index is 1.48. The molecule has 0 unspecified atom stereocenters. The molecule has 1 saturated carbocycles. The number of thioether (sulfide) groups is 1. The number of nitrogens with one attached hydrogen (secondary N) is 2. The molecule has 2 aromatic rings. The maximum atomic E-state index is 12.9. The number of nitrogens with zero attached hydrogens (tertiary/aromatic N) is 3. The predicted octanol–water partition coefficient (Wildman–Crippen LogP) is 4.32. The van der Waals surface area contributed by atoms with Crippen LogP contribution in [0.3, 0.4) is 0 Å². The van der Waals surface area contributed by atoms with E-state index in [1.54, 1.807) is 0 Å². The largest absolute Gasteiger partial charge is 0.417 e. The van der Waals surface area contributed by atoms with Gasteiger partial charge in [0.2, 0.25) is 17.0 Å². The number of hydrogen-bond acceptors (Lipinski definition) is 5. The van der Waals surface area contributed by atoms with Crippen molar-refractivity contribution in [2.45, 2.75) is 42.9 Å². The lowest BCUT2D eigenvalue weighted by Gasteiger charge is -2.17. The number of carbonyl (C=O) groups excluding carboxylic acids is 2. The Morgan fingerprint density at radius 3 is 2.71 bits per heavy atom. The zero-order valence-electron chi connectivity index (χ0n) is 16.6. The van der Waals surface area contributed by atoms with E-state index in [2.05, 4.69) is 20.5 Å². The van der Waals surface area contributed by atoms with Gasteiger partial charge in [0, 0.05) is 18.7 Å². The van der Waals surface area contributed by atoms with Gasteiger partial charge in [0.1, 0.15) is 5.82 Å². The molecule has 7 nitrogen and oxygen atoms in total. The molecule has 0 radical (unpaired) electrons. The summed E-state index contributed by atoms with van der Waals surface area (Å²) in [5.41, 5.74) is -1.10. The van der Waals surface area contributed by atoms with Crippen LogP contribution in [0.25, 0.3) is 0 Å². The normalized spacial score (nSPS) is 14.6. The van der Waals surface area contributed by atoms with Crippen LogP contribution in [0.15, 0.2) is 23.4 Å². The van der Waals surface area contributed by atoms with Crippen molar-refractivity contribution in [1.82, 2.24) is 20.1 Å². The van der Waals surface area contributed by atoms with Gasteiger partial charge in [-0.3, -0.25) is 14.7 Å². The molecular formula is C19H21ClF3N5O2S. The highest BCUT2D eigenvalue weighted by atomic mass is 35.5. The van der Waals surface area contributed by atoms with E-state index >= 15 is 0 Å². The Morgan fingerprint density at radius 2 is 2.03 bits per heavy atom. The zero-order valence-corrected chi connectivity index (χ0v) is 18.2. The number of alkyl halides is 3. The first kappa shape index (κ1) is 23.4. The van der Waals surface area contributed by atoms with Gasteiger partial charge >= 0.3 is 6.18 Å². The molecule has 1 aromatic carbocycles. The summed E-state index contributed by atoms with van der Waals surface area (Å²) in [5.74, 6) is 0.290. The first-order valence-corrected chi connectivity index (χ1v) is 11.0. The van der Waals surface area contributed by atoms with Crippen LogP contribution in [0.4, 0.5) is 18.9 Å². The highest BCUT2D eigenvalue weighted by Gasteiger charge is 2.33. The number of halogens is 4. The molecule has 0 bridgehead atoms. The maximum Gasteiger partial charge on any atom is 0.417 e. The first-order valence-electron chi connectivity index (χ1n) is 9.59. The molecule has 2 amide bonds. The van der Waals surface area contributed by atoms with Gasteiger partial charge in [0.15, 0.2) is 0 Å². The van der Waals surface area contributed by atoms with Crippen LogP contribution in [0.1, 0.15) is 43.0 Å². The van der Waals surface area contributed by atoms with E-state index in [1.165, 1.54) is 30.9 Å². The molecule has 3 rings (SSSR count). The molecule has 168 valence electrons. The zero-order chi connectivity index (χ0) is 22.6. The van der Waals surface area contributed by atoms with E-state index < -0.39 is 22.7 Å². The summed E-state index contributed by atoms with van der Waals surface area (Å²) in [4.78, 5) is 30.0. The Kier molecular flexibility index (Phi) is 7.47. The number of aromatic amines is 1. The number of rotatable bonds is 7. The van der Waals surface area contributed by atoms with Gasteiger partial charge in [-0.15, -0.1) is 5.10 Å². The molecule has 2 N–H and O–H groups in total. The number of amides is 2.